The number of rotatable bonds is 9. The third-order valence-electron chi connectivity index (χ3n) is 6.16. The number of benzene rings is 1. The van der Waals surface area contributed by atoms with Gasteiger partial charge < -0.3 is 15.2 Å². The maximum Gasteiger partial charge on any atom is 0.313 e. The molecule has 2 fully saturated rings. The van der Waals surface area contributed by atoms with E-state index in [4.69, 9.17) is 15.2 Å². The summed E-state index contributed by atoms with van der Waals surface area (Å²) in [5.74, 6) is 0.279. The lowest BCUT2D eigenvalue weighted by Crippen LogP contribution is -2.44. The lowest BCUT2D eigenvalue weighted by molar-refractivity contribution is -0.157. The monoisotopic (exact) mass is 374 g/mol. The summed E-state index contributed by atoms with van der Waals surface area (Å²) < 4.78 is 11.2. The quantitative estimate of drug-likeness (QED) is 0.531. The summed E-state index contributed by atoms with van der Waals surface area (Å²) in [5, 5.41) is 0. The number of ether oxygens (including phenoxy) is 2. The van der Waals surface area contributed by atoms with Gasteiger partial charge in [0.05, 0.1) is 18.6 Å². The summed E-state index contributed by atoms with van der Waals surface area (Å²) in [4.78, 5) is 26.2. The van der Waals surface area contributed by atoms with Crippen LogP contribution >= 0.6 is 0 Å². The Balaban J connectivity index is 1.51. The number of fused-ring (bicyclic) bond motifs is 2. The van der Waals surface area contributed by atoms with Gasteiger partial charge in [-0.2, -0.15) is 0 Å². The summed E-state index contributed by atoms with van der Waals surface area (Å²) in [6.45, 7) is 5.95. The van der Waals surface area contributed by atoms with Crippen molar-refractivity contribution in [2.45, 2.75) is 58.0 Å². The Labute approximate surface area is 161 Å². The van der Waals surface area contributed by atoms with E-state index in [2.05, 4.69) is 11.8 Å². The maximum atomic E-state index is 12.6. The van der Waals surface area contributed by atoms with E-state index in [0.29, 0.717) is 30.9 Å². The third-order valence-corrected chi connectivity index (χ3v) is 6.16. The molecule has 2 aliphatic heterocycles. The second-order valence-electron chi connectivity index (χ2n) is 7.51. The van der Waals surface area contributed by atoms with Crippen molar-refractivity contribution in [2.75, 3.05) is 19.8 Å². The molecule has 0 radical (unpaired) electrons. The van der Waals surface area contributed by atoms with Crippen LogP contribution in [0.5, 0.6) is 5.75 Å². The molecule has 1 aromatic carbocycles. The van der Waals surface area contributed by atoms with Crippen LogP contribution in [0.15, 0.2) is 24.3 Å². The van der Waals surface area contributed by atoms with Crippen LogP contribution in [-0.4, -0.2) is 48.6 Å². The Morgan fingerprint density at radius 2 is 1.96 bits per heavy atom. The molecule has 2 saturated heterocycles. The first-order valence-corrected chi connectivity index (χ1v) is 9.97. The smallest absolute Gasteiger partial charge is 0.313 e. The minimum atomic E-state index is -0.438. The van der Waals surface area contributed by atoms with Crippen LogP contribution in [0.2, 0.25) is 0 Å². The Bertz CT molecular complexity index is 675. The Hall–Kier alpha value is -2.08. The highest BCUT2D eigenvalue weighted by atomic mass is 16.5. The average molecular weight is 374 g/mol. The van der Waals surface area contributed by atoms with Crippen LogP contribution < -0.4 is 10.5 Å². The SMILES string of the molecule is CCOC(=O)[C@@]1(CC)C[C@H]2CC[C@@H]1N2CCCOc1ccc(C(N)=O)cc1. The fraction of sp³-hybridized carbons (Fsp3) is 0.619. The van der Waals surface area contributed by atoms with Crippen LogP contribution in [0.1, 0.15) is 56.3 Å². The van der Waals surface area contributed by atoms with E-state index in [-0.39, 0.29) is 11.4 Å². The lowest BCUT2D eigenvalue weighted by atomic mass is 9.72. The van der Waals surface area contributed by atoms with Crippen LogP contribution in [0.25, 0.3) is 0 Å². The van der Waals surface area contributed by atoms with Gasteiger partial charge in [0.15, 0.2) is 0 Å². The van der Waals surface area contributed by atoms with Crippen molar-refractivity contribution in [3.8, 4) is 5.75 Å². The molecule has 2 bridgehead atoms. The topological polar surface area (TPSA) is 81.9 Å². The molecule has 6 nitrogen and oxygen atoms in total. The molecule has 0 saturated carbocycles. The Kier molecular flexibility index (Phi) is 6.05. The zero-order valence-electron chi connectivity index (χ0n) is 16.3. The molecule has 6 heteroatoms. The van der Waals surface area contributed by atoms with Crippen molar-refractivity contribution in [3.05, 3.63) is 29.8 Å². The zero-order valence-corrected chi connectivity index (χ0v) is 16.3. The van der Waals surface area contributed by atoms with E-state index in [1.807, 2.05) is 6.92 Å². The second-order valence-corrected chi connectivity index (χ2v) is 7.51. The predicted molar refractivity (Wildman–Crippen MR) is 103 cm³/mol. The van der Waals surface area contributed by atoms with Gasteiger partial charge in [0.2, 0.25) is 5.91 Å². The summed E-state index contributed by atoms with van der Waals surface area (Å²) in [6.07, 6.45) is 4.90. The van der Waals surface area contributed by atoms with Crippen LogP contribution in [0, 0.1) is 5.41 Å². The van der Waals surface area contributed by atoms with Crippen LogP contribution in [-0.2, 0) is 9.53 Å². The summed E-state index contributed by atoms with van der Waals surface area (Å²) in [6, 6.07) is 7.65. The molecule has 0 aliphatic carbocycles. The van der Waals surface area contributed by atoms with Crippen molar-refractivity contribution in [3.63, 3.8) is 0 Å². The molecular weight excluding hydrogens is 344 g/mol. The first-order chi connectivity index (χ1) is 13.0. The highest BCUT2D eigenvalue weighted by Gasteiger charge is 2.59. The number of primary amides is 1. The molecule has 3 rings (SSSR count). The summed E-state index contributed by atoms with van der Waals surface area (Å²) in [5.41, 5.74) is 5.39. The summed E-state index contributed by atoms with van der Waals surface area (Å²) in [7, 11) is 0. The molecule has 3 atom stereocenters. The molecule has 1 amide bonds. The van der Waals surface area contributed by atoms with E-state index in [0.717, 1.165) is 38.0 Å². The highest BCUT2D eigenvalue weighted by Crippen LogP contribution is 2.52. The van der Waals surface area contributed by atoms with Crippen molar-refractivity contribution >= 4 is 11.9 Å². The van der Waals surface area contributed by atoms with Gasteiger partial charge in [0.1, 0.15) is 5.75 Å². The standard InChI is InChI=1S/C21H30N2O4/c1-3-21(20(25)26-4-2)14-16-8-11-18(21)23(16)12-5-13-27-17-9-6-15(7-10-17)19(22)24/h6-7,9-10,16,18H,3-5,8,11-14H2,1-2H3,(H2,22,24)/t16-,18+,21+/m1/s1. The summed E-state index contributed by atoms with van der Waals surface area (Å²) >= 11 is 0. The largest absolute Gasteiger partial charge is 0.494 e. The van der Waals surface area contributed by atoms with E-state index in [1.54, 1.807) is 24.3 Å². The van der Waals surface area contributed by atoms with Gasteiger partial charge in [-0.1, -0.05) is 6.92 Å². The number of nitrogens with two attached hydrogens (primary N) is 1. The molecule has 0 unspecified atom stereocenters. The number of hydrogen-bond donors (Lipinski definition) is 1. The number of carbonyl (C=O) groups is 2. The predicted octanol–water partition coefficient (Wildman–Crippen LogP) is 2.75. The minimum Gasteiger partial charge on any atom is -0.494 e. The van der Waals surface area contributed by atoms with E-state index in [9.17, 15) is 9.59 Å². The van der Waals surface area contributed by atoms with Gasteiger partial charge in [0.25, 0.3) is 0 Å². The molecule has 2 N–H and O–H groups in total. The van der Waals surface area contributed by atoms with Gasteiger partial charge in [-0.25, -0.2) is 0 Å². The molecular formula is C21H30N2O4. The van der Waals surface area contributed by atoms with Crippen molar-refractivity contribution in [1.82, 2.24) is 4.90 Å². The number of esters is 1. The number of amides is 1. The Morgan fingerprint density at radius 3 is 2.59 bits per heavy atom. The minimum absolute atomic E-state index is 0.0181. The lowest BCUT2D eigenvalue weighted by Gasteiger charge is -2.34. The molecule has 0 aromatic heterocycles. The van der Waals surface area contributed by atoms with Gasteiger partial charge in [0, 0.05) is 24.2 Å². The van der Waals surface area contributed by atoms with Crippen LogP contribution in [0.4, 0.5) is 0 Å². The molecule has 0 spiro atoms. The van der Waals surface area contributed by atoms with Gasteiger partial charge in [-0.05, 0) is 63.3 Å². The average Bonchev–Trinajstić information content (AvgIpc) is 3.21. The normalized spacial score (nSPS) is 26.9. The molecule has 2 aliphatic rings. The van der Waals surface area contributed by atoms with E-state index >= 15 is 0 Å². The van der Waals surface area contributed by atoms with Gasteiger partial charge >= 0.3 is 5.97 Å². The molecule has 1 aromatic rings. The zero-order chi connectivity index (χ0) is 19.4. The van der Waals surface area contributed by atoms with Gasteiger partial charge in [-0.15, -0.1) is 0 Å². The molecule has 148 valence electrons. The van der Waals surface area contributed by atoms with Gasteiger partial charge in [-0.3, -0.25) is 14.5 Å². The van der Waals surface area contributed by atoms with Crippen molar-refractivity contribution in [1.29, 1.82) is 0 Å². The fourth-order valence-electron chi connectivity index (χ4n) is 4.82. The third kappa shape index (κ3) is 3.81. The first kappa shape index (κ1) is 19.7. The van der Waals surface area contributed by atoms with E-state index < -0.39 is 5.91 Å². The molecule has 27 heavy (non-hydrogen) atoms. The first-order valence-electron chi connectivity index (χ1n) is 9.97. The second kappa shape index (κ2) is 8.30. The number of hydrogen-bond acceptors (Lipinski definition) is 5. The maximum absolute atomic E-state index is 12.6. The van der Waals surface area contributed by atoms with E-state index in [1.165, 1.54) is 6.42 Å². The number of carbonyl (C=O) groups excluding carboxylic acids is 2. The van der Waals surface area contributed by atoms with Crippen molar-refractivity contribution < 1.29 is 19.1 Å². The van der Waals surface area contributed by atoms with Crippen molar-refractivity contribution in [2.24, 2.45) is 11.1 Å². The van der Waals surface area contributed by atoms with Crippen LogP contribution in [0.3, 0.4) is 0 Å². The Morgan fingerprint density at radius 1 is 1.22 bits per heavy atom. The fourth-order valence-corrected chi connectivity index (χ4v) is 4.82. The highest BCUT2D eigenvalue weighted by molar-refractivity contribution is 5.92. The number of nitrogens with zero attached hydrogens (tertiary/aromatic N) is 1. The molecule has 2 heterocycles.